The molecule has 2 aromatic rings. The number of benzene rings is 1. The first-order valence-corrected chi connectivity index (χ1v) is 8.95. The fourth-order valence-corrected chi connectivity index (χ4v) is 3.25. The lowest BCUT2D eigenvalue weighted by Gasteiger charge is -2.32. The van der Waals surface area contributed by atoms with Crippen LogP contribution in [0.1, 0.15) is 29.5 Å². The van der Waals surface area contributed by atoms with Crippen molar-refractivity contribution in [1.82, 2.24) is 10.3 Å². The molecule has 1 fully saturated rings. The third kappa shape index (κ3) is 4.78. The van der Waals surface area contributed by atoms with Crippen LogP contribution in [0.5, 0.6) is 0 Å². The smallest absolute Gasteiger partial charge is 0.357 e. The number of hydrogen-bond acceptors (Lipinski definition) is 3. The second-order valence-corrected chi connectivity index (χ2v) is 6.81. The molecule has 7 heteroatoms. The summed E-state index contributed by atoms with van der Waals surface area (Å²) < 4.78 is 37.9. The Labute approximate surface area is 156 Å². The summed E-state index contributed by atoms with van der Waals surface area (Å²) in [5.74, 6) is 0.458. The lowest BCUT2D eigenvalue weighted by molar-refractivity contribution is -0.137. The fourth-order valence-electron chi connectivity index (χ4n) is 3.25. The summed E-state index contributed by atoms with van der Waals surface area (Å²) in [4.78, 5) is 18.3. The van der Waals surface area contributed by atoms with Crippen molar-refractivity contribution < 1.29 is 18.0 Å². The highest BCUT2D eigenvalue weighted by molar-refractivity contribution is 5.79. The van der Waals surface area contributed by atoms with E-state index in [1.165, 1.54) is 6.07 Å². The van der Waals surface area contributed by atoms with E-state index in [2.05, 4.69) is 10.3 Å². The number of piperidine rings is 1. The minimum absolute atomic E-state index is 0.0262. The quantitative estimate of drug-likeness (QED) is 0.878. The molecule has 1 N–H and O–H groups in total. The first-order valence-electron chi connectivity index (χ1n) is 8.95. The Morgan fingerprint density at radius 1 is 1.19 bits per heavy atom. The lowest BCUT2D eigenvalue weighted by atomic mass is 9.95. The van der Waals surface area contributed by atoms with Crippen molar-refractivity contribution in [2.45, 2.75) is 32.5 Å². The Hall–Kier alpha value is -2.57. The number of carbonyl (C=O) groups is 1. The van der Waals surface area contributed by atoms with Crippen LogP contribution in [0.25, 0.3) is 0 Å². The Morgan fingerprint density at radius 2 is 1.89 bits per heavy atom. The summed E-state index contributed by atoms with van der Waals surface area (Å²) in [6, 6.07) is 10.4. The van der Waals surface area contributed by atoms with Crippen LogP contribution in [0.4, 0.5) is 19.0 Å². The minimum atomic E-state index is -4.38. The number of nitrogens with zero attached hydrogens (tertiary/aromatic N) is 2. The van der Waals surface area contributed by atoms with Crippen molar-refractivity contribution in [3.05, 3.63) is 59.3 Å². The normalized spacial score (nSPS) is 15.6. The highest BCUT2D eigenvalue weighted by Crippen LogP contribution is 2.30. The van der Waals surface area contributed by atoms with Crippen molar-refractivity contribution >= 4 is 11.7 Å². The van der Waals surface area contributed by atoms with Crippen LogP contribution in [0.3, 0.4) is 0 Å². The van der Waals surface area contributed by atoms with Gasteiger partial charge in [-0.3, -0.25) is 4.79 Å². The zero-order chi connectivity index (χ0) is 19.4. The van der Waals surface area contributed by atoms with Crippen molar-refractivity contribution in [2.24, 2.45) is 5.92 Å². The first kappa shape index (κ1) is 19.2. The monoisotopic (exact) mass is 377 g/mol. The van der Waals surface area contributed by atoms with Gasteiger partial charge in [0, 0.05) is 31.7 Å². The van der Waals surface area contributed by atoms with E-state index in [0.29, 0.717) is 38.3 Å². The van der Waals surface area contributed by atoms with E-state index < -0.39 is 11.7 Å². The van der Waals surface area contributed by atoms with Crippen LogP contribution < -0.4 is 10.2 Å². The van der Waals surface area contributed by atoms with Gasteiger partial charge in [0.05, 0.1) is 5.56 Å². The van der Waals surface area contributed by atoms with E-state index in [1.54, 1.807) is 0 Å². The number of amides is 1. The minimum Gasteiger partial charge on any atom is -0.357 e. The number of hydrogen-bond donors (Lipinski definition) is 1. The van der Waals surface area contributed by atoms with Crippen LogP contribution in [0.2, 0.25) is 0 Å². The van der Waals surface area contributed by atoms with Crippen LogP contribution in [-0.4, -0.2) is 24.0 Å². The Kier molecular flexibility index (Phi) is 5.68. The number of nitrogens with one attached hydrogen (secondary N) is 1. The molecule has 2 heterocycles. The molecular formula is C20H22F3N3O. The SMILES string of the molecule is Cc1ccccc1CNC(=O)C1CCN(c2ccc(C(F)(F)F)cn2)CC1. The Morgan fingerprint density at radius 3 is 2.48 bits per heavy atom. The van der Waals surface area contributed by atoms with Gasteiger partial charge in [0.15, 0.2) is 0 Å². The number of halogens is 3. The molecule has 1 aliphatic heterocycles. The largest absolute Gasteiger partial charge is 0.417 e. The number of rotatable bonds is 4. The van der Waals surface area contributed by atoms with Gasteiger partial charge in [-0.25, -0.2) is 4.98 Å². The summed E-state index contributed by atoms with van der Waals surface area (Å²) in [5.41, 5.74) is 1.48. The molecule has 3 rings (SSSR count). The molecule has 4 nitrogen and oxygen atoms in total. The summed E-state index contributed by atoms with van der Waals surface area (Å²) in [6.45, 7) is 3.71. The van der Waals surface area contributed by atoms with Crippen LogP contribution in [-0.2, 0) is 17.5 Å². The maximum Gasteiger partial charge on any atom is 0.417 e. The standard InChI is InChI=1S/C20H22F3N3O/c1-14-4-2-3-5-16(14)12-25-19(27)15-8-10-26(11-9-15)18-7-6-17(13-24-18)20(21,22)23/h2-7,13,15H,8-12H2,1H3,(H,25,27). The van der Waals surface area contributed by atoms with Gasteiger partial charge in [0.25, 0.3) is 0 Å². The molecular weight excluding hydrogens is 355 g/mol. The number of alkyl halides is 3. The molecule has 0 saturated carbocycles. The van der Waals surface area contributed by atoms with Crippen molar-refractivity contribution in [2.75, 3.05) is 18.0 Å². The molecule has 0 spiro atoms. The summed E-state index contributed by atoms with van der Waals surface area (Å²) in [7, 11) is 0. The maximum atomic E-state index is 12.6. The van der Waals surface area contributed by atoms with Crippen LogP contribution in [0, 0.1) is 12.8 Å². The zero-order valence-corrected chi connectivity index (χ0v) is 15.1. The molecule has 1 saturated heterocycles. The van der Waals surface area contributed by atoms with Crippen molar-refractivity contribution in [1.29, 1.82) is 0 Å². The van der Waals surface area contributed by atoms with Gasteiger partial charge in [-0.2, -0.15) is 13.2 Å². The summed E-state index contributed by atoms with van der Waals surface area (Å²) >= 11 is 0. The molecule has 0 radical (unpaired) electrons. The van der Waals surface area contributed by atoms with E-state index in [0.717, 1.165) is 23.4 Å². The number of carbonyl (C=O) groups excluding carboxylic acids is 1. The van der Waals surface area contributed by atoms with E-state index >= 15 is 0 Å². The predicted octanol–water partition coefficient (Wildman–Crippen LogP) is 3.94. The van der Waals surface area contributed by atoms with Crippen molar-refractivity contribution in [3.63, 3.8) is 0 Å². The number of aryl methyl sites for hydroxylation is 1. The maximum absolute atomic E-state index is 12.6. The highest BCUT2D eigenvalue weighted by atomic mass is 19.4. The molecule has 1 amide bonds. The first-order chi connectivity index (χ1) is 12.8. The third-order valence-corrected chi connectivity index (χ3v) is 4.98. The molecule has 1 aromatic carbocycles. The van der Waals surface area contributed by atoms with Gasteiger partial charge < -0.3 is 10.2 Å². The summed E-state index contributed by atoms with van der Waals surface area (Å²) in [6.07, 6.45) is -2.21. The van der Waals surface area contributed by atoms with Gasteiger partial charge in [0.2, 0.25) is 5.91 Å². The van der Waals surface area contributed by atoms with E-state index in [1.807, 2.05) is 36.1 Å². The van der Waals surface area contributed by atoms with E-state index in [9.17, 15) is 18.0 Å². The highest BCUT2D eigenvalue weighted by Gasteiger charge is 2.31. The molecule has 0 unspecified atom stereocenters. The molecule has 144 valence electrons. The number of pyridine rings is 1. The summed E-state index contributed by atoms with van der Waals surface area (Å²) in [5, 5.41) is 2.99. The molecule has 27 heavy (non-hydrogen) atoms. The fraction of sp³-hybridized carbons (Fsp3) is 0.400. The van der Waals surface area contributed by atoms with Crippen LogP contribution >= 0.6 is 0 Å². The second kappa shape index (κ2) is 7.98. The topological polar surface area (TPSA) is 45.2 Å². The van der Waals surface area contributed by atoms with Gasteiger partial charge in [-0.15, -0.1) is 0 Å². The molecule has 1 aromatic heterocycles. The number of aromatic nitrogens is 1. The van der Waals surface area contributed by atoms with Crippen molar-refractivity contribution in [3.8, 4) is 0 Å². The Balaban J connectivity index is 1.51. The van der Waals surface area contributed by atoms with Gasteiger partial charge in [0.1, 0.15) is 5.82 Å². The molecule has 0 bridgehead atoms. The molecule has 1 aliphatic rings. The average Bonchev–Trinajstić information content (AvgIpc) is 2.67. The average molecular weight is 377 g/mol. The van der Waals surface area contributed by atoms with Crippen LogP contribution in [0.15, 0.2) is 42.6 Å². The molecule has 0 atom stereocenters. The third-order valence-electron chi connectivity index (χ3n) is 4.98. The molecule has 0 aliphatic carbocycles. The zero-order valence-electron chi connectivity index (χ0n) is 15.1. The van der Waals surface area contributed by atoms with Gasteiger partial charge >= 0.3 is 6.18 Å². The Bertz CT molecular complexity index is 782. The van der Waals surface area contributed by atoms with E-state index in [-0.39, 0.29) is 11.8 Å². The number of anilines is 1. The predicted molar refractivity (Wildman–Crippen MR) is 97.2 cm³/mol. The second-order valence-electron chi connectivity index (χ2n) is 6.81. The van der Waals surface area contributed by atoms with Gasteiger partial charge in [-0.05, 0) is 43.0 Å². The van der Waals surface area contributed by atoms with E-state index in [4.69, 9.17) is 0 Å². The lowest BCUT2D eigenvalue weighted by Crippen LogP contribution is -2.40. The van der Waals surface area contributed by atoms with Gasteiger partial charge in [-0.1, -0.05) is 24.3 Å².